The smallest absolute Gasteiger partial charge is 0.276 e. The van der Waals surface area contributed by atoms with Crippen molar-refractivity contribution in [2.24, 2.45) is 11.8 Å². The first-order valence-electron chi connectivity index (χ1n) is 8.27. The average molecular weight is 357 g/mol. The van der Waals surface area contributed by atoms with Gasteiger partial charge in [0.25, 0.3) is 5.22 Å². The molecule has 3 unspecified atom stereocenters. The molecule has 8 heteroatoms. The van der Waals surface area contributed by atoms with E-state index >= 15 is 0 Å². The van der Waals surface area contributed by atoms with Crippen molar-refractivity contribution in [1.82, 2.24) is 20.5 Å². The lowest BCUT2D eigenvalue weighted by molar-refractivity contribution is -0.127. The Bertz CT molecular complexity index is 716. The number of nitrogens with zero attached hydrogens (tertiary/aromatic N) is 4. The Balaban J connectivity index is 1.86. The molecule has 2 aromatic heterocycles. The van der Waals surface area contributed by atoms with Crippen molar-refractivity contribution in [3.8, 4) is 6.07 Å². The van der Waals surface area contributed by atoms with Gasteiger partial charge in [-0.25, -0.2) is 0 Å². The van der Waals surface area contributed by atoms with Crippen molar-refractivity contribution >= 4 is 17.7 Å². The molecule has 0 aromatic carbocycles. The number of nitrogens with one attached hydrogen (secondary N) is 1. The van der Waals surface area contributed by atoms with E-state index in [4.69, 9.17) is 9.68 Å². The zero-order chi connectivity index (χ0) is 17.5. The van der Waals surface area contributed by atoms with Crippen LogP contribution in [0, 0.1) is 23.2 Å². The Hall–Kier alpha value is -2.40. The van der Waals surface area contributed by atoms with E-state index in [9.17, 15) is 4.79 Å². The number of amides is 1. The van der Waals surface area contributed by atoms with Crippen LogP contribution in [0.4, 0.5) is 0 Å². The van der Waals surface area contributed by atoms with Gasteiger partial charge in [0.1, 0.15) is 6.54 Å². The number of rotatable bonds is 6. The second kappa shape index (κ2) is 8.62. The second-order valence-electron chi connectivity index (χ2n) is 5.95. The normalized spacial score (nSPS) is 21.2. The van der Waals surface area contributed by atoms with Crippen molar-refractivity contribution in [1.29, 1.82) is 5.26 Å². The first kappa shape index (κ1) is 17.4. The van der Waals surface area contributed by atoms with E-state index in [0.717, 1.165) is 31.2 Å². The van der Waals surface area contributed by atoms with E-state index in [1.807, 2.05) is 18.2 Å². The van der Waals surface area contributed by atoms with Crippen molar-refractivity contribution < 1.29 is 9.21 Å². The molecule has 0 spiro atoms. The number of carbonyl (C=O) groups excluding carboxylic acids is 1. The molecule has 1 aliphatic rings. The Kier molecular flexibility index (Phi) is 6.01. The molecule has 0 saturated heterocycles. The van der Waals surface area contributed by atoms with E-state index in [2.05, 4.69) is 20.5 Å². The van der Waals surface area contributed by atoms with Crippen LogP contribution in [0.15, 0.2) is 40.6 Å². The summed E-state index contributed by atoms with van der Waals surface area (Å²) in [6.07, 6.45) is 8.69. The molecule has 0 aliphatic heterocycles. The van der Waals surface area contributed by atoms with Gasteiger partial charge in [0.15, 0.2) is 0 Å². The van der Waals surface area contributed by atoms with Crippen LogP contribution in [0.5, 0.6) is 0 Å². The van der Waals surface area contributed by atoms with Crippen molar-refractivity contribution in [3.63, 3.8) is 0 Å². The minimum absolute atomic E-state index is 0.0154. The molecule has 3 atom stereocenters. The molecule has 130 valence electrons. The standard InChI is InChI=1S/C17H19N5O2S/c18-7-10-20-16(23)14-4-2-1-3-13(14)15(12-5-8-19-9-6-12)25-17-22-21-11-24-17/h5-6,8-9,11,13-15H,1-4,10H2,(H,20,23). The molecule has 3 rings (SSSR count). The van der Waals surface area contributed by atoms with E-state index in [0.29, 0.717) is 5.22 Å². The molecule has 1 N–H and O–H groups in total. The number of hydrogen-bond donors (Lipinski definition) is 1. The summed E-state index contributed by atoms with van der Waals surface area (Å²) in [4.78, 5) is 16.7. The number of nitriles is 1. The maximum absolute atomic E-state index is 12.6. The van der Waals surface area contributed by atoms with Crippen LogP contribution >= 0.6 is 11.8 Å². The number of aromatic nitrogens is 3. The van der Waals surface area contributed by atoms with Crippen LogP contribution in [-0.4, -0.2) is 27.6 Å². The molecule has 1 amide bonds. The fourth-order valence-corrected chi connectivity index (χ4v) is 4.59. The quantitative estimate of drug-likeness (QED) is 0.626. The van der Waals surface area contributed by atoms with Crippen LogP contribution in [0.1, 0.15) is 36.5 Å². The zero-order valence-electron chi connectivity index (χ0n) is 13.7. The molecule has 1 saturated carbocycles. The maximum Gasteiger partial charge on any atom is 0.276 e. The number of pyridine rings is 1. The lowest BCUT2D eigenvalue weighted by Crippen LogP contribution is -2.38. The fraction of sp³-hybridized carbons (Fsp3) is 0.471. The Morgan fingerprint density at radius 3 is 2.92 bits per heavy atom. The van der Waals surface area contributed by atoms with Gasteiger partial charge in [-0.1, -0.05) is 24.6 Å². The van der Waals surface area contributed by atoms with E-state index in [-0.39, 0.29) is 29.5 Å². The molecule has 0 bridgehead atoms. The molecule has 2 heterocycles. The summed E-state index contributed by atoms with van der Waals surface area (Å²) >= 11 is 1.49. The lowest BCUT2D eigenvalue weighted by atomic mass is 9.75. The van der Waals surface area contributed by atoms with E-state index in [1.54, 1.807) is 12.4 Å². The SMILES string of the molecule is N#CCNC(=O)C1CCCCC1C(Sc1nnco1)c1ccncc1. The number of thioether (sulfide) groups is 1. The predicted octanol–water partition coefficient (Wildman–Crippen LogP) is 2.74. The summed E-state index contributed by atoms with van der Waals surface area (Å²) in [5, 5.41) is 19.7. The van der Waals surface area contributed by atoms with Gasteiger partial charge in [-0.05, 0) is 36.5 Å². The van der Waals surface area contributed by atoms with Gasteiger partial charge < -0.3 is 9.73 Å². The highest BCUT2D eigenvalue weighted by Crippen LogP contribution is 2.48. The summed E-state index contributed by atoms with van der Waals surface area (Å²) < 4.78 is 5.32. The maximum atomic E-state index is 12.6. The molecule has 1 aliphatic carbocycles. The minimum atomic E-state index is -0.129. The van der Waals surface area contributed by atoms with Crippen LogP contribution < -0.4 is 5.32 Å². The van der Waals surface area contributed by atoms with Gasteiger partial charge in [-0.15, -0.1) is 10.2 Å². The van der Waals surface area contributed by atoms with Crippen LogP contribution in [0.25, 0.3) is 0 Å². The lowest BCUT2D eigenvalue weighted by Gasteiger charge is -2.35. The van der Waals surface area contributed by atoms with Crippen molar-refractivity contribution in [2.75, 3.05) is 6.54 Å². The van der Waals surface area contributed by atoms with Crippen molar-refractivity contribution in [2.45, 2.75) is 36.2 Å². The van der Waals surface area contributed by atoms with Crippen LogP contribution in [-0.2, 0) is 4.79 Å². The first-order valence-corrected chi connectivity index (χ1v) is 9.15. The van der Waals surface area contributed by atoms with Gasteiger partial charge >= 0.3 is 0 Å². The summed E-state index contributed by atoms with van der Waals surface area (Å²) in [7, 11) is 0. The molecule has 0 radical (unpaired) electrons. The third-order valence-corrected chi connectivity index (χ3v) is 5.74. The van der Waals surface area contributed by atoms with Gasteiger partial charge in [0.2, 0.25) is 12.3 Å². The Morgan fingerprint density at radius 1 is 1.40 bits per heavy atom. The third kappa shape index (κ3) is 4.37. The molecule has 2 aromatic rings. The van der Waals surface area contributed by atoms with Gasteiger partial charge in [0, 0.05) is 23.6 Å². The number of hydrogen-bond acceptors (Lipinski definition) is 7. The van der Waals surface area contributed by atoms with Crippen LogP contribution in [0.3, 0.4) is 0 Å². The molecule has 25 heavy (non-hydrogen) atoms. The van der Waals surface area contributed by atoms with E-state index in [1.165, 1.54) is 18.2 Å². The summed E-state index contributed by atoms with van der Waals surface area (Å²) in [5.41, 5.74) is 1.09. The Morgan fingerprint density at radius 2 is 2.20 bits per heavy atom. The molecular formula is C17H19N5O2S. The fourth-order valence-electron chi connectivity index (χ4n) is 3.38. The summed E-state index contributed by atoms with van der Waals surface area (Å²) in [6, 6.07) is 5.90. The third-order valence-electron chi connectivity index (χ3n) is 4.49. The minimum Gasteiger partial charge on any atom is -0.419 e. The highest BCUT2D eigenvalue weighted by atomic mass is 32.2. The van der Waals surface area contributed by atoms with E-state index < -0.39 is 0 Å². The molecular weight excluding hydrogens is 338 g/mol. The highest BCUT2D eigenvalue weighted by Gasteiger charge is 2.38. The summed E-state index contributed by atoms with van der Waals surface area (Å²) in [5.74, 6) is -0.0427. The largest absolute Gasteiger partial charge is 0.419 e. The highest BCUT2D eigenvalue weighted by molar-refractivity contribution is 7.99. The average Bonchev–Trinajstić information content (AvgIpc) is 3.18. The second-order valence-corrected chi connectivity index (χ2v) is 7.05. The summed E-state index contributed by atoms with van der Waals surface area (Å²) in [6.45, 7) is 0.0405. The monoisotopic (exact) mass is 357 g/mol. The molecule has 1 fully saturated rings. The van der Waals surface area contributed by atoms with Gasteiger partial charge in [0.05, 0.1) is 6.07 Å². The first-order chi connectivity index (χ1) is 12.3. The van der Waals surface area contributed by atoms with Crippen molar-refractivity contribution in [3.05, 3.63) is 36.5 Å². The number of carbonyl (C=O) groups is 1. The predicted molar refractivity (Wildman–Crippen MR) is 91.2 cm³/mol. The molecule has 7 nitrogen and oxygen atoms in total. The van der Waals surface area contributed by atoms with Crippen LogP contribution in [0.2, 0.25) is 0 Å². The van der Waals surface area contributed by atoms with Gasteiger partial charge in [-0.2, -0.15) is 5.26 Å². The topological polar surface area (TPSA) is 105 Å². The van der Waals surface area contributed by atoms with Gasteiger partial charge in [-0.3, -0.25) is 9.78 Å². The zero-order valence-corrected chi connectivity index (χ0v) is 14.5. The Labute approximate surface area is 150 Å².